The second-order valence-electron chi connectivity index (χ2n) is 8.67. The fourth-order valence-electron chi connectivity index (χ4n) is 3.46. The first-order valence-corrected chi connectivity index (χ1v) is 10.8. The van der Waals surface area contributed by atoms with Crippen LogP contribution in [-0.4, -0.2) is 36.7 Å². The highest BCUT2D eigenvalue weighted by molar-refractivity contribution is 6.00. The highest BCUT2D eigenvalue weighted by Gasteiger charge is 2.24. The van der Waals surface area contributed by atoms with Crippen LogP contribution in [0.1, 0.15) is 52.7 Å². The molecule has 0 saturated carbocycles. The monoisotopic (exact) mass is 460 g/mol. The molecule has 1 aromatic heterocycles. The predicted molar refractivity (Wildman–Crippen MR) is 129 cm³/mol. The van der Waals surface area contributed by atoms with Gasteiger partial charge in [-0.05, 0) is 35.2 Å². The number of carbonyl (C=O) groups is 2. The second-order valence-corrected chi connectivity index (χ2v) is 8.67. The van der Waals surface area contributed by atoms with Crippen molar-refractivity contribution in [3.63, 3.8) is 0 Å². The van der Waals surface area contributed by atoms with Gasteiger partial charge in [0.1, 0.15) is 18.4 Å². The molecule has 0 spiro atoms. The van der Waals surface area contributed by atoms with E-state index in [0.29, 0.717) is 11.3 Å². The van der Waals surface area contributed by atoms with Crippen LogP contribution in [0, 0.1) is 11.3 Å². The molecule has 1 heterocycles. The summed E-state index contributed by atoms with van der Waals surface area (Å²) in [7, 11) is 1.22. The number of para-hydroxylation sites is 1. The fraction of sp³-hybridized carbons (Fsp3) is 0.269. The number of carbonyl (C=O) groups excluding carboxylic acids is 2. The van der Waals surface area contributed by atoms with Gasteiger partial charge in [-0.2, -0.15) is 5.26 Å². The number of ether oxygens (including phenoxy) is 2. The zero-order valence-electron chi connectivity index (χ0n) is 19.7. The minimum Gasteiger partial charge on any atom is -0.492 e. The van der Waals surface area contributed by atoms with Crippen LogP contribution in [0.3, 0.4) is 0 Å². The van der Waals surface area contributed by atoms with Crippen molar-refractivity contribution >= 4 is 17.6 Å². The minimum absolute atomic E-state index is 0.00422. The fourth-order valence-corrected chi connectivity index (χ4v) is 3.46. The summed E-state index contributed by atoms with van der Waals surface area (Å²) in [5.74, 6) is -0.346. The van der Waals surface area contributed by atoms with Crippen LogP contribution >= 0.6 is 0 Å². The maximum atomic E-state index is 12.9. The molecule has 0 aliphatic carbocycles. The van der Waals surface area contributed by atoms with Crippen molar-refractivity contribution in [2.75, 3.05) is 26.0 Å². The van der Waals surface area contributed by atoms with Gasteiger partial charge in [-0.3, -0.25) is 4.79 Å². The molecule has 2 aromatic carbocycles. The Morgan fingerprint density at radius 3 is 2.41 bits per heavy atom. The number of rotatable bonds is 7. The van der Waals surface area contributed by atoms with E-state index in [1.807, 2.05) is 30.3 Å². The Labute approximate surface area is 198 Å². The van der Waals surface area contributed by atoms with E-state index < -0.39 is 5.97 Å². The van der Waals surface area contributed by atoms with Crippen LogP contribution < -0.4 is 15.8 Å². The molecule has 0 bridgehead atoms. The summed E-state index contributed by atoms with van der Waals surface area (Å²) in [5, 5.41) is 12.2. The lowest BCUT2D eigenvalue weighted by Gasteiger charge is -2.19. The van der Waals surface area contributed by atoms with E-state index in [9.17, 15) is 14.9 Å². The molecule has 1 amide bonds. The number of esters is 1. The topological polar surface area (TPSA) is 119 Å². The van der Waals surface area contributed by atoms with Crippen LogP contribution in [0.15, 0.2) is 54.7 Å². The van der Waals surface area contributed by atoms with Gasteiger partial charge < -0.3 is 25.1 Å². The van der Waals surface area contributed by atoms with Crippen molar-refractivity contribution in [3.05, 3.63) is 77.1 Å². The van der Waals surface area contributed by atoms with Crippen molar-refractivity contribution in [3.8, 4) is 17.5 Å². The van der Waals surface area contributed by atoms with Gasteiger partial charge in [0.25, 0.3) is 5.91 Å². The van der Waals surface area contributed by atoms with E-state index >= 15 is 0 Å². The number of aromatic nitrogens is 1. The van der Waals surface area contributed by atoms with Crippen molar-refractivity contribution in [2.45, 2.75) is 26.2 Å². The molecule has 176 valence electrons. The number of nitrogens with zero attached hydrogens (tertiary/aromatic N) is 2. The van der Waals surface area contributed by atoms with Crippen LogP contribution in [0.4, 0.5) is 5.69 Å². The van der Waals surface area contributed by atoms with Gasteiger partial charge in [0.2, 0.25) is 0 Å². The van der Waals surface area contributed by atoms with E-state index in [2.05, 4.69) is 26.1 Å². The van der Waals surface area contributed by atoms with Crippen molar-refractivity contribution < 1.29 is 19.1 Å². The summed E-state index contributed by atoms with van der Waals surface area (Å²) < 4.78 is 12.0. The Bertz CT molecular complexity index is 1230. The highest BCUT2D eigenvalue weighted by atomic mass is 16.5. The molecule has 0 aliphatic heterocycles. The molecule has 34 heavy (non-hydrogen) atoms. The number of nitrogens with two attached hydrogens (primary N) is 1. The van der Waals surface area contributed by atoms with Gasteiger partial charge in [-0.1, -0.05) is 45.0 Å². The SMILES string of the molecule is COC(=O)c1c(N)c(C#N)cn1-c1ccccc1C(=O)NCCOc1ccc(C(C)(C)C)cc1. The Balaban J connectivity index is 1.72. The third-order valence-electron chi connectivity index (χ3n) is 5.33. The summed E-state index contributed by atoms with van der Waals surface area (Å²) in [6, 6.07) is 16.6. The zero-order valence-corrected chi connectivity index (χ0v) is 19.7. The van der Waals surface area contributed by atoms with Gasteiger partial charge >= 0.3 is 5.97 Å². The molecule has 0 fully saturated rings. The smallest absolute Gasteiger partial charge is 0.357 e. The molecule has 8 nitrogen and oxygen atoms in total. The summed E-state index contributed by atoms with van der Waals surface area (Å²) in [6.45, 7) is 7.00. The molecule has 3 N–H and O–H groups in total. The number of hydrogen-bond acceptors (Lipinski definition) is 6. The number of nitrogens with one attached hydrogen (secondary N) is 1. The van der Waals surface area contributed by atoms with Crippen LogP contribution in [0.5, 0.6) is 5.75 Å². The third-order valence-corrected chi connectivity index (χ3v) is 5.33. The maximum absolute atomic E-state index is 12.9. The van der Waals surface area contributed by atoms with Gasteiger partial charge in [-0.15, -0.1) is 0 Å². The lowest BCUT2D eigenvalue weighted by Crippen LogP contribution is -2.29. The molecule has 0 aliphatic rings. The summed E-state index contributed by atoms with van der Waals surface area (Å²) in [5.41, 5.74) is 8.05. The third kappa shape index (κ3) is 5.21. The summed E-state index contributed by atoms with van der Waals surface area (Å²) in [4.78, 5) is 25.2. The first-order valence-electron chi connectivity index (χ1n) is 10.8. The van der Waals surface area contributed by atoms with E-state index in [4.69, 9.17) is 15.2 Å². The second kappa shape index (κ2) is 10.1. The average molecular weight is 461 g/mol. The van der Waals surface area contributed by atoms with E-state index in [1.54, 1.807) is 24.3 Å². The molecular formula is C26H28N4O4. The molecule has 0 atom stereocenters. The number of nitriles is 1. The molecule has 3 aromatic rings. The van der Waals surface area contributed by atoms with Crippen LogP contribution in [-0.2, 0) is 10.2 Å². The van der Waals surface area contributed by atoms with Gasteiger partial charge in [0.05, 0.1) is 36.2 Å². The minimum atomic E-state index is -0.708. The lowest BCUT2D eigenvalue weighted by molar-refractivity contribution is 0.0592. The normalized spacial score (nSPS) is 10.9. The summed E-state index contributed by atoms with van der Waals surface area (Å²) in [6.07, 6.45) is 1.41. The number of nitrogen functional groups attached to an aromatic ring is 1. The van der Waals surface area contributed by atoms with Crippen LogP contribution in [0.2, 0.25) is 0 Å². The first kappa shape index (κ1) is 24.4. The van der Waals surface area contributed by atoms with Crippen LogP contribution in [0.25, 0.3) is 5.69 Å². The Hall–Kier alpha value is -4.25. The maximum Gasteiger partial charge on any atom is 0.357 e. The standard InChI is InChI=1S/C26H28N4O4/c1-26(2,3)18-9-11-19(12-10-18)34-14-13-29-24(31)20-7-5-6-8-21(20)30-16-17(15-27)22(28)23(30)25(32)33-4/h5-12,16H,13-14,28H2,1-4H3,(H,29,31). The predicted octanol–water partition coefficient (Wildman–Crippen LogP) is 3.82. The van der Waals surface area contributed by atoms with E-state index in [0.717, 1.165) is 5.75 Å². The molecule has 3 rings (SSSR count). The van der Waals surface area contributed by atoms with Gasteiger partial charge in [0, 0.05) is 6.20 Å². The van der Waals surface area contributed by atoms with Gasteiger partial charge in [0.15, 0.2) is 5.69 Å². The molecule has 0 saturated heterocycles. The Morgan fingerprint density at radius 2 is 1.79 bits per heavy atom. The summed E-state index contributed by atoms with van der Waals surface area (Å²) >= 11 is 0. The number of methoxy groups -OCH3 is 1. The number of hydrogen-bond donors (Lipinski definition) is 2. The van der Waals surface area contributed by atoms with E-state index in [-0.39, 0.29) is 41.4 Å². The van der Waals surface area contributed by atoms with Crippen molar-refractivity contribution in [1.82, 2.24) is 9.88 Å². The van der Waals surface area contributed by atoms with Crippen molar-refractivity contribution in [2.24, 2.45) is 0 Å². The molecule has 0 radical (unpaired) electrons. The number of benzene rings is 2. The van der Waals surface area contributed by atoms with E-state index in [1.165, 1.54) is 23.4 Å². The molecule has 0 unspecified atom stereocenters. The largest absolute Gasteiger partial charge is 0.492 e. The molecular weight excluding hydrogens is 432 g/mol. The lowest BCUT2D eigenvalue weighted by atomic mass is 9.87. The zero-order chi connectivity index (χ0) is 24.9. The van der Waals surface area contributed by atoms with Crippen molar-refractivity contribution in [1.29, 1.82) is 5.26 Å². The Kier molecular flexibility index (Phi) is 7.27. The Morgan fingerprint density at radius 1 is 1.12 bits per heavy atom. The average Bonchev–Trinajstić information content (AvgIpc) is 3.17. The van der Waals surface area contributed by atoms with Gasteiger partial charge in [-0.25, -0.2) is 4.79 Å². The molecule has 8 heteroatoms. The quantitative estimate of drug-likeness (QED) is 0.409. The number of anilines is 1. The first-order chi connectivity index (χ1) is 16.2. The number of amides is 1. The highest BCUT2D eigenvalue weighted by Crippen LogP contribution is 2.27.